The molecule has 1 aromatic heterocycles. The fraction of sp³-hybridized carbons (Fsp3) is 0.357. The molecule has 2 aromatic rings. The Hall–Kier alpha value is -1.46. The first-order valence-corrected chi connectivity index (χ1v) is 7.39. The van der Waals surface area contributed by atoms with Crippen LogP contribution in [0.4, 0.5) is 11.6 Å². The van der Waals surface area contributed by atoms with E-state index in [1.54, 1.807) is 18.9 Å². The van der Waals surface area contributed by atoms with E-state index in [0.717, 1.165) is 23.9 Å². The second-order valence-electron chi connectivity index (χ2n) is 4.25. The van der Waals surface area contributed by atoms with E-state index in [1.165, 1.54) is 4.90 Å². The molecule has 0 bridgehead atoms. The highest BCUT2D eigenvalue weighted by Crippen LogP contribution is 2.20. The van der Waals surface area contributed by atoms with Crippen LogP contribution < -0.4 is 5.32 Å². The van der Waals surface area contributed by atoms with Gasteiger partial charge in [0, 0.05) is 30.4 Å². The number of benzene rings is 1. The minimum Gasteiger partial charge on any atom is -0.383 e. The number of anilines is 2. The standard InChI is InChI=1S/C14H19N3OS/c1-11-10-17(8-9-18-2)14(15-11)16-12-4-6-13(19-3)7-5-12/h4-7,10H,8-9H2,1-3H3,(H,15,16). The van der Waals surface area contributed by atoms with E-state index in [1.807, 2.05) is 13.1 Å². The van der Waals surface area contributed by atoms with E-state index in [-0.39, 0.29) is 0 Å². The van der Waals surface area contributed by atoms with Gasteiger partial charge in [0.25, 0.3) is 0 Å². The number of imidazole rings is 1. The van der Waals surface area contributed by atoms with Crippen molar-refractivity contribution in [3.05, 3.63) is 36.2 Å². The van der Waals surface area contributed by atoms with Crippen LogP contribution >= 0.6 is 11.8 Å². The SMILES string of the molecule is COCCn1cc(C)nc1Nc1ccc(SC)cc1. The van der Waals surface area contributed by atoms with Gasteiger partial charge in [-0.25, -0.2) is 4.98 Å². The van der Waals surface area contributed by atoms with Crippen molar-refractivity contribution in [3.63, 3.8) is 0 Å². The van der Waals surface area contributed by atoms with Crippen LogP contribution in [0.25, 0.3) is 0 Å². The number of nitrogens with one attached hydrogen (secondary N) is 1. The van der Waals surface area contributed by atoms with Crippen molar-refractivity contribution in [1.82, 2.24) is 9.55 Å². The third-order valence-electron chi connectivity index (χ3n) is 2.78. The number of rotatable bonds is 6. The van der Waals surface area contributed by atoms with E-state index >= 15 is 0 Å². The number of aryl methyl sites for hydroxylation is 1. The number of nitrogens with zero attached hydrogens (tertiary/aromatic N) is 2. The van der Waals surface area contributed by atoms with Crippen molar-refractivity contribution < 1.29 is 4.74 Å². The fourth-order valence-electron chi connectivity index (χ4n) is 1.81. The second-order valence-corrected chi connectivity index (χ2v) is 5.13. The van der Waals surface area contributed by atoms with Gasteiger partial charge >= 0.3 is 0 Å². The molecule has 0 fully saturated rings. The lowest BCUT2D eigenvalue weighted by Crippen LogP contribution is -2.07. The summed E-state index contributed by atoms with van der Waals surface area (Å²) in [4.78, 5) is 5.75. The summed E-state index contributed by atoms with van der Waals surface area (Å²) < 4.78 is 7.18. The highest BCUT2D eigenvalue weighted by molar-refractivity contribution is 7.98. The monoisotopic (exact) mass is 277 g/mol. The van der Waals surface area contributed by atoms with Gasteiger partial charge in [-0.1, -0.05) is 0 Å². The quantitative estimate of drug-likeness (QED) is 0.822. The molecule has 0 saturated carbocycles. The summed E-state index contributed by atoms with van der Waals surface area (Å²) in [7, 11) is 1.71. The molecule has 0 saturated heterocycles. The molecule has 1 N–H and O–H groups in total. The fourth-order valence-corrected chi connectivity index (χ4v) is 2.22. The molecule has 102 valence electrons. The lowest BCUT2D eigenvalue weighted by molar-refractivity contribution is 0.188. The molecule has 1 heterocycles. The minimum atomic E-state index is 0.676. The largest absolute Gasteiger partial charge is 0.383 e. The molecule has 2 rings (SSSR count). The van der Waals surface area contributed by atoms with Crippen LogP contribution in [0.2, 0.25) is 0 Å². The van der Waals surface area contributed by atoms with Crippen LogP contribution in [0.15, 0.2) is 35.4 Å². The van der Waals surface area contributed by atoms with E-state index in [9.17, 15) is 0 Å². The van der Waals surface area contributed by atoms with Gasteiger partial charge in [-0.05, 0) is 37.4 Å². The van der Waals surface area contributed by atoms with Gasteiger partial charge in [0.1, 0.15) is 0 Å². The van der Waals surface area contributed by atoms with E-state index in [4.69, 9.17) is 4.74 Å². The molecule has 0 aliphatic rings. The van der Waals surface area contributed by atoms with E-state index in [2.05, 4.69) is 45.4 Å². The Kier molecular flexibility index (Phi) is 4.87. The van der Waals surface area contributed by atoms with Gasteiger partial charge in [-0.3, -0.25) is 0 Å². The lowest BCUT2D eigenvalue weighted by Gasteiger charge is -2.09. The lowest BCUT2D eigenvalue weighted by atomic mass is 10.3. The molecule has 5 heteroatoms. The average molecular weight is 277 g/mol. The van der Waals surface area contributed by atoms with Gasteiger partial charge in [-0.15, -0.1) is 11.8 Å². The van der Waals surface area contributed by atoms with Crippen molar-refractivity contribution in [2.45, 2.75) is 18.4 Å². The third kappa shape index (κ3) is 3.75. The number of hydrogen-bond acceptors (Lipinski definition) is 4. The van der Waals surface area contributed by atoms with Crippen molar-refractivity contribution in [3.8, 4) is 0 Å². The smallest absolute Gasteiger partial charge is 0.207 e. The number of thioether (sulfide) groups is 1. The molecule has 0 atom stereocenters. The summed E-state index contributed by atoms with van der Waals surface area (Å²) in [6, 6.07) is 8.33. The maximum absolute atomic E-state index is 5.11. The molecular formula is C14H19N3OS. The zero-order chi connectivity index (χ0) is 13.7. The molecular weight excluding hydrogens is 258 g/mol. The Morgan fingerprint density at radius 1 is 1.32 bits per heavy atom. The van der Waals surface area contributed by atoms with Gasteiger partial charge in [0.05, 0.1) is 12.3 Å². The zero-order valence-corrected chi connectivity index (χ0v) is 12.3. The molecule has 4 nitrogen and oxygen atoms in total. The normalized spacial score (nSPS) is 10.7. The Morgan fingerprint density at radius 3 is 2.68 bits per heavy atom. The van der Waals surface area contributed by atoms with Crippen LogP contribution in [0.3, 0.4) is 0 Å². The predicted octanol–water partition coefficient (Wildman–Crippen LogP) is 3.30. The Labute approximate surface area is 118 Å². The molecule has 0 aliphatic heterocycles. The number of aromatic nitrogens is 2. The van der Waals surface area contributed by atoms with Gasteiger partial charge in [0.15, 0.2) is 0 Å². The second kappa shape index (κ2) is 6.63. The number of methoxy groups -OCH3 is 1. The van der Waals surface area contributed by atoms with Gasteiger partial charge in [0.2, 0.25) is 5.95 Å². The van der Waals surface area contributed by atoms with Crippen LogP contribution in [0.1, 0.15) is 5.69 Å². The topological polar surface area (TPSA) is 39.1 Å². The molecule has 0 unspecified atom stereocenters. The van der Waals surface area contributed by atoms with Gasteiger partial charge in [-0.2, -0.15) is 0 Å². The summed E-state index contributed by atoms with van der Waals surface area (Å²) in [5.41, 5.74) is 2.04. The van der Waals surface area contributed by atoms with Crippen LogP contribution in [0.5, 0.6) is 0 Å². The Morgan fingerprint density at radius 2 is 2.05 bits per heavy atom. The highest BCUT2D eigenvalue weighted by Gasteiger charge is 2.05. The summed E-state index contributed by atoms with van der Waals surface area (Å²) in [5, 5.41) is 3.34. The van der Waals surface area contributed by atoms with Crippen LogP contribution in [-0.4, -0.2) is 29.5 Å². The van der Waals surface area contributed by atoms with Gasteiger partial charge < -0.3 is 14.6 Å². The first-order chi connectivity index (χ1) is 9.22. The van der Waals surface area contributed by atoms with Crippen molar-refractivity contribution >= 4 is 23.4 Å². The van der Waals surface area contributed by atoms with Crippen molar-refractivity contribution in [1.29, 1.82) is 0 Å². The summed E-state index contributed by atoms with van der Waals surface area (Å²) >= 11 is 1.74. The molecule has 0 aliphatic carbocycles. The van der Waals surface area contributed by atoms with Crippen molar-refractivity contribution in [2.75, 3.05) is 25.3 Å². The summed E-state index contributed by atoms with van der Waals surface area (Å²) in [6.45, 7) is 3.46. The van der Waals surface area contributed by atoms with E-state index in [0.29, 0.717) is 6.61 Å². The minimum absolute atomic E-state index is 0.676. The predicted molar refractivity (Wildman–Crippen MR) is 80.3 cm³/mol. The summed E-state index contributed by atoms with van der Waals surface area (Å²) in [5.74, 6) is 0.853. The number of hydrogen-bond donors (Lipinski definition) is 1. The molecule has 0 amide bonds. The maximum atomic E-state index is 5.11. The Balaban J connectivity index is 2.12. The molecule has 0 spiro atoms. The summed E-state index contributed by atoms with van der Waals surface area (Å²) in [6.07, 6.45) is 4.10. The first kappa shape index (κ1) is 14.0. The van der Waals surface area contributed by atoms with Crippen LogP contribution in [0, 0.1) is 6.92 Å². The van der Waals surface area contributed by atoms with Crippen molar-refractivity contribution in [2.24, 2.45) is 0 Å². The Bertz CT molecular complexity index is 522. The maximum Gasteiger partial charge on any atom is 0.207 e. The first-order valence-electron chi connectivity index (χ1n) is 6.16. The molecule has 1 aromatic carbocycles. The highest BCUT2D eigenvalue weighted by atomic mass is 32.2. The average Bonchev–Trinajstić information content (AvgIpc) is 2.77. The molecule has 0 radical (unpaired) electrons. The van der Waals surface area contributed by atoms with E-state index < -0.39 is 0 Å². The van der Waals surface area contributed by atoms with Crippen LogP contribution in [-0.2, 0) is 11.3 Å². The zero-order valence-electron chi connectivity index (χ0n) is 11.5. The third-order valence-corrected chi connectivity index (χ3v) is 3.52. The molecule has 19 heavy (non-hydrogen) atoms. The number of ether oxygens (including phenoxy) is 1.